The van der Waals surface area contributed by atoms with Crippen LogP contribution in [0.4, 0.5) is 0 Å². The fraction of sp³-hybridized carbons (Fsp3) is 0.500. The van der Waals surface area contributed by atoms with Crippen molar-refractivity contribution in [2.75, 3.05) is 11.9 Å². The van der Waals surface area contributed by atoms with Gasteiger partial charge in [0.15, 0.2) is 0 Å². The molecule has 0 amide bonds. The van der Waals surface area contributed by atoms with E-state index in [0.717, 1.165) is 11.8 Å². The van der Waals surface area contributed by atoms with Gasteiger partial charge in [-0.15, -0.1) is 0 Å². The van der Waals surface area contributed by atoms with Crippen LogP contribution in [-0.4, -0.2) is 18.0 Å². The average molecular weight is 190 g/mol. The Morgan fingerprint density at radius 2 is 2.33 bits per heavy atom. The average Bonchev–Trinajstić information content (AvgIpc) is 1.89. The number of rotatable bonds is 4. The van der Waals surface area contributed by atoms with Crippen LogP contribution in [0.15, 0.2) is 17.1 Å². The molecule has 0 aromatic heterocycles. The zero-order valence-corrected chi connectivity index (χ0v) is 6.60. The Bertz CT molecular complexity index is 127. The number of hydrogen-bond donors (Lipinski definition) is 0. The van der Waals surface area contributed by atoms with E-state index < -0.39 is 0 Å². The third kappa shape index (κ3) is 7.60. The number of aliphatic imine (C=N–C) groups is 1. The Morgan fingerprint density at radius 1 is 1.56 bits per heavy atom. The Labute approximate surface area is 62.8 Å². The van der Waals surface area contributed by atoms with E-state index >= 15 is 0 Å². The molecule has 0 saturated heterocycles. The summed E-state index contributed by atoms with van der Waals surface area (Å²) in [7, 11) is 0. The standard InChI is InChI=1S/C6H8BrNO/c7-4-2-1-3-5-8-6-9/h1-2H,3-5H2. The molecule has 0 aromatic carbocycles. The van der Waals surface area contributed by atoms with Gasteiger partial charge in [0.25, 0.3) is 0 Å². The van der Waals surface area contributed by atoms with Gasteiger partial charge in [-0.1, -0.05) is 28.1 Å². The molecule has 0 rings (SSSR count). The number of isocyanates is 1. The number of carbonyl (C=O) groups excluding carboxylic acids is 1. The Kier molecular flexibility index (Phi) is 7.26. The van der Waals surface area contributed by atoms with Crippen LogP contribution >= 0.6 is 15.9 Å². The number of allylic oxidation sites excluding steroid dienone is 1. The van der Waals surface area contributed by atoms with Gasteiger partial charge in [0.2, 0.25) is 6.08 Å². The lowest BCUT2D eigenvalue weighted by Gasteiger charge is -1.80. The monoisotopic (exact) mass is 189 g/mol. The minimum Gasteiger partial charge on any atom is -0.211 e. The molecule has 0 bridgehead atoms. The normalized spacial score (nSPS) is 9.44. The second-order valence-corrected chi connectivity index (χ2v) is 2.03. The van der Waals surface area contributed by atoms with Gasteiger partial charge in [-0.05, 0) is 6.42 Å². The lowest BCUT2D eigenvalue weighted by Crippen LogP contribution is -1.73. The fourth-order valence-corrected chi connectivity index (χ4v) is 0.630. The highest BCUT2D eigenvalue weighted by Gasteiger charge is 1.74. The SMILES string of the molecule is O=C=NCCC=CCBr. The molecule has 0 heterocycles. The smallest absolute Gasteiger partial charge is 0.211 e. The van der Waals surface area contributed by atoms with Gasteiger partial charge in [0.05, 0.1) is 6.54 Å². The highest BCUT2D eigenvalue weighted by molar-refractivity contribution is 9.09. The van der Waals surface area contributed by atoms with Gasteiger partial charge in [0.1, 0.15) is 0 Å². The van der Waals surface area contributed by atoms with Crippen molar-refractivity contribution in [2.45, 2.75) is 6.42 Å². The molecule has 9 heavy (non-hydrogen) atoms. The van der Waals surface area contributed by atoms with Crippen LogP contribution in [0.2, 0.25) is 0 Å². The molecule has 2 nitrogen and oxygen atoms in total. The lowest BCUT2D eigenvalue weighted by atomic mass is 10.4. The maximum absolute atomic E-state index is 9.51. The van der Waals surface area contributed by atoms with Crippen molar-refractivity contribution >= 4 is 22.0 Å². The molecule has 0 unspecified atom stereocenters. The zero-order valence-electron chi connectivity index (χ0n) is 5.01. The molecule has 0 atom stereocenters. The van der Waals surface area contributed by atoms with Crippen LogP contribution in [0, 0.1) is 0 Å². The molecule has 0 aromatic rings. The number of halogens is 1. The number of nitrogens with zero attached hydrogens (tertiary/aromatic N) is 1. The summed E-state index contributed by atoms with van der Waals surface area (Å²) in [5.74, 6) is 0. The van der Waals surface area contributed by atoms with Crippen LogP contribution in [0.5, 0.6) is 0 Å². The van der Waals surface area contributed by atoms with E-state index in [1.54, 1.807) is 0 Å². The van der Waals surface area contributed by atoms with Gasteiger partial charge in [0, 0.05) is 5.33 Å². The molecule has 0 aliphatic carbocycles. The van der Waals surface area contributed by atoms with Gasteiger partial charge >= 0.3 is 0 Å². The van der Waals surface area contributed by atoms with Crippen molar-refractivity contribution in [2.24, 2.45) is 4.99 Å². The molecule has 0 radical (unpaired) electrons. The fourth-order valence-electron chi connectivity index (χ4n) is 0.366. The van der Waals surface area contributed by atoms with Crippen LogP contribution in [0.25, 0.3) is 0 Å². The molecule has 0 spiro atoms. The van der Waals surface area contributed by atoms with Gasteiger partial charge in [-0.3, -0.25) is 0 Å². The highest BCUT2D eigenvalue weighted by atomic mass is 79.9. The lowest BCUT2D eigenvalue weighted by molar-refractivity contribution is 0.563. The molecule has 50 valence electrons. The van der Waals surface area contributed by atoms with Crippen LogP contribution in [0.1, 0.15) is 6.42 Å². The molecule has 3 heteroatoms. The first kappa shape index (κ1) is 8.60. The highest BCUT2D eigenvalue weighted by Crippen LogP contribution is 1.86. The second kappa shape index (κ2) is 7.60. The summed E-state index contributed by atoms with van der Waals surface area (Å²) >= 11 is 3.22. The summed E-state index contributed by atoms with van der Waals surface area (Å²) in [5.41, 5.74) is 0. The first-order chi connectivity index (χ1) is 4.41. The van der Waals surface area contributed by atoms with Crippen LogP contribution < -0.4 is 0 Å². The van der Waals surface area contributed by atoms with Crippen molar-refractivity contribution in [1.29, 1.82) is 0 Å². The second-order valence-electron chi connectivity index (χ2n) is 1.39. The van der Waals surface area contributed by atoms with Crippen LogP contribution in [0.3, 0.4) is 0 Å². The summed E-state index contributed by atoms with van der Waals surface area (Å²) < 4.78 is 0. The van der Waals surface area contributed by atoms with Crippen molar-refractivity contribution in [1.82, 2.24) is 0 Å². The molecule has 0 fully saturated rings. The Balaban J connectivity index is 3.08. The maximum Gasteiger partial charge on any atom is 0.234 e. The number of alkyl halides is 1. The topological polar surface area (TPSA) is 29.4 Å². The number of hydrogen-bond acceptors (Lipinski definition) is 2. The Hall–Kier alpha value is -0.400. The van der Waals surface area contributed by atoms with Crippen molar-refractivity contribution in [3.05, 3.63) is 12.2 Å². The van der Waals surface area contributed by atoms with E-state index in [1.807, 2.05) is 12.2 Å². The van der Waals surface area contributed by atoms with Crippen molar-refractivity contribution in [3.63, 3.8) is 0 Å². The maximum atomic E-state index is 9.51. The summed E-state index contributed by atoms with van der Waals surface area (Å²) in [6.07, 6.45) is 6.23. The van der Waals surface area contributed by atoms with Gasteiger partial charge in [-0.25, -0.2) is 9.79 Å². The van der Waals surface area contributed by atoms with Gasteiger partial charge in [-0.2, -0.15) is 0 Å². The molecule has 0 aliphatic heterocycles. The third-order valence-electron chi connectivity index (χ3n) is 0.728. The first-order valence-electron chi connectivity index (χ1n) is 2.66. The quantitative estimate of drug-likeness (QED) is 0.218. The molecule has 0 aliphatic rings. The van der Waals surface area contributed by atoms with E-state index in [2.05, 4.69) is 20.9 Å². The summed E-state index contributed by atoms with van der Waals surface area (Å²) in [4.78, 5) is 12.9. The molecular formula is C6H8BrNO. The summed E-state index contributed by atoms with van der Waals surface area (Å²) in [6.45, 7) is 0.549. The van der Waals surface area contributed by atoms with E-state index in [0.29, 0.717) is 6.54 Å². The molecule has 0 saturated carbocycles. The minimum absolute atomic E-state index is 0.549. The van der Waals surface area contributed by atoms with Crippen molar-refractivity contribution in [3.8, 4) is 0 Å². The van der Waals surface area contributed by atoms with E-state index in [1.165, 1.54) is 6.08 Å². The van der Waals surface area contributed by atoms with Gasteiger partial charge < -0.3 is 0 Å². The molecule has 0 N–H and O–H groups in total. The Morgan fingerprint density at radius 3 is 2.89 bits per heavy atom. The van der Waals surface area contributed by atoms with E-state index in [9.17, 15) is 4.79 Å². The molecular weight excluding hydrogens is 182 g/mol. The third-order valence-corrected chi connectivity index (χ3v) is 1.10. The van der Waals surface area contributed by atoms with Crippen LogP contribution in [-0.2, 0) is 4.79 Å². The predicted molar refractivity (Wildman–Crippen MR) is 40.5 cm³/mol. The zero-order chi connectivity index (χ0) is 6.95. The summed E-state index contributed by atoms with van der Waals surface area (Å²) in [6, 6.07) is 0. The first-order valence-corrected chi connectivity index (χ1v) is 3.78. The van der Waals surface area contributed by atoms with E-state index in [4.69, 9.17) is 0 Å². The van der Waals surface area contributed by atoms with Crippen molar-refractivity contribution < 1.29 is 4.79 Å². The largest absolute Gasteiger partial charge is 0.234 e. The predicted octanol–water partition coefficient (Wildman–Crippen LogP) is 1.66. The van der Waals surface area contributed by atoms with E-state index in [-0.39, 0.29) is 0 Å². The summed E-state index contributed by atoms with van der Waals surface area (Å²) in [5, 5.41) is 0.859. The minimum atomic E-state index is 0.549.